The molecule has 0 aliphatic rings. The van der Waals surface area contributed by atoms with Gasteiger partial charge < -0.3 is 9.53 Å². The van der Waals surface area contributed by atoms with Crippen LogP contribution in [0.15, 0.2) is 27.6 Å². The topological polar surface area (TPSA) is 38.3 Å². The van der Waals surface area contributed by atoms with Crippen LogP contribution in [0.1, 0.15) is 13.8 Å². The molecule has 0 heterocycles. The molecule has 0 saturated heterocycles. The molecule has 0 fully saturated rings. The summed E-state index contributed by atoms with van der Waals surface area (Å²) in [5, 5.41) is 0. The molecule has 1 rings (SSSR count). The summed E-state index contributed by atoms with van der Waals surface area (Å²) in [6.07, 6.45) is -4.10. The number of alkyl halides is 3. The second-order valence-electron chi connectivity index (χ2n) is 4.18. The fourth-order valence-electron chi connectivity index (χ4n) is 0.981. The van der Waals surface area contributed by atoms with E-state index in [4.69, 9.17) is 0 Å². The molecular formula is C11H11BrF3NO2S. The summed E-state index contributed by atoms with van der Waals surface area (Å²) < 4.78 is 44.0. The van der Waals surface area contributed by atoms with Crippen molar-refractivity contribution in [2.24, 2.45) is 0 Å². The van der Waals surface area contributed by atoms with E-state index in [-0.39, 0.29) is 10.6 Å². The lowest BCUT2D eigenvalue weighted by molar-refractivity contribution is -0.275. The number of halogens is 4. The lowest BCUT2D eigenvalue weighted by Gasteiger charge is -2.19. The Morgan fingerprint density at radius 2 is 2.00 bits per heavy atom. The Balaban J connectivity index is 2.91. The first-order valence-corrected chi connectivity index (χ1v) is 6.69. The van der Waals surface area contributed by atoms with Crippen molar-refractivity contribution in [3.05, 3.63) is 22.7 Å². The lowest BCUT2D eigenvalue weighted by atomic mass is 10.1. The van der Waals surface area contributed by atoms with E-state index in [1.807, 2.05) is 0 Å². The van der Waals surface area contributed by atoms with Crippen LogP contribution in [0.3, 0.4) is 0 Å². The third-order valence-corrected chi connectivity index (χ3v) is 3.53. The van der Waals surface area contributed by atoms with Crippen LogP contribution in [-0.2, 0) is 4.79 Å². The molecule has 0 atom stereocenters. The van der Waals surface area contributed by atoms with Gasteiger partial charge in [0.2, 0.25) is 0 Å². The Hall–Kier alpha value is -0.730. The highest BCUT2D eigenvalue weighted by Gasteiger charge is 2.32. The molecule has 0 spiro atoms. The number of ether oxygens (including phenoxy) is 1. The van der Waals surface area contributed by atoms with Crippen LogP contribution >= 0.6 is 27.9 Å². The Morgan fingerprint density at radius 3 is 2.53 bits per heavy atom. The molecule has 0 bridgehead atoms. The Morgan fingerprint density at radius 1 is 1.37 bits per heavy atom. The van der Waals surface area contributed by atoms with Gasteiger partial charge in [-0.3, -0.25) is 0 Å². The van der Waals surface area contributed by atoms with Gasteiger partial charge in [0.25, 0.3) is 0 Å². The van der Waals surface area contributed by atoms with Crippen LogP contribution in [0.2, 0.25) is 0 Å². The molecule has 0 unspecified atom stereocenters. The smallest absolute Gasteiger partial charge is 0.405 e. The van der Waals surface area contributed by atoms with Crippen molar-refractivity contribution < 1.29 is 22.7 Å². The number of rotatable bonds is 5. The molecule has 0 aliphatic carbocycles. The van der Waals surface area contributed by atoms with E-state index in [1.165, 1.54) is 12.1 Å². The molecular weight excluding hydrogens is 347 g/mol. The van der Waals surface area contributed by atoms with E-state index in [0.717, 1.165) is 11.9 Å². The van der Waals surface area contributed by atoms with Crippen LogP contribution in [0.4, 0.5) is 13.2 Å². The minimum Gasteiger partial charge on any atom is -0.405 e. The number of aldehydes is 1. The van der Waals surface area contributed by atoms with E-state index in [1.54, 1.807) is 19.9 Å². The second-order valence-corrected chi connectivity index (χ2v) is 5.95. The van der Waals surface area contributed by atoms with Crippen molar-refractivity contribution in [2.45, 2.75) is 30.6 Å². The van der Waals surface area contributed by atoms with Crippen molar-refractivity contribution in [3.8, 4) is 5.75 Å². The summed E-state index contributed by atoms with van der Waals surface area (Å²) in [5.74, 6) is -0.332. The van der Waals surface area contributed by atoms with Crippen molar-refractivity contribution in [3.63, 3.8) is 0 Å². The third-order valence-electron chi connectivity index (χ3n) is 1.85. The summed E-state index contributed by atoms with van der Waals surface area (Å²) in [6.45, 7) is 3.21. The van der Waals surface area contributed by atoms with Crippen LogP contribution < -0.4 is 9.46 Å². The molecule has 106 valence electrons. The van der Waals surface area contributed by atoms with Gasteiger partial charge in [0, 0.05) is 4.47 Å². The fourth-order valence-corrected chi connectivity index (χ4v) is 2.08. The van der Waals surface area contributed by atoms with Gasteiger partial charge in [0.1, 0.15) is 12.0 Å². The number of carbonyl (C=O) groups is 1. The Labute approximate surface area is 121 Å². The molecule has 1 N–H and O–H groups in total. The van der Waals surface area contributed by atoms with Crippen molar-refractivity contribution in [1.82, 2.24) is 4.72 Å². The third kappa shape index (κ3) is 5.84. The molecule has 0 saturated carbocycles. The zero-order valence-corrected chi connectivity index (χ0v) is 12.4. The average Bonchev–Trinajstić information content (AvgIpc) is 2.26. The van der Waals surface area contributed by atoms with Gasteiger partial charge in [-0.1, -0.05) is 15.9 Å². The fraction of sp³-hybridized carbons (Fsp3) is 0.364. The monoisotopic (exact) mass is 357 g/mol. The number of hydrogen-bond acceptors (Lipinski definition) is 4. The molecule has 19 heavy (non-hydrogen) atoms. The van der Waals surface area contributed by atoms with Gasteiger partial charge >= 0.3 is 6.36 Å². The first-order chi connectivity index (χ1) is 8.63. The predicted octanol–water partition coefficient (Wildman–Crippen LogP) is 3.92. The zero-order chi connectivity index (χ0) is 14.7. The minimum absolute atomic E-state index is 0.232. The highest BCUT2D eigenvalue weighted by atomic mass is 79.9. The molecule has 0 amide bonds. The molecule has 0 aromatic heterocycles. The quantitative estimate of drug-likeness (QED) is 0.640. The summed E-state index contributed by atoms with van der Waals surface area (Å²) in [6, 6.07) is 4.26. The summed E-state index contributed by atoms with van der Waals surface area (Å²) >= 11 is 3.98. The second kappa shape index (κ2) is 6.15. The van der Waals surface area contributed by atoms with Crippen LogP contribution in [0, 0.1) is 0 Å². The number of hydrogen-bond donors (Lipinski definition) is 1. The van der Waals surface area contributed by atoms with Crippen molar-refractivity contribution >= 4 is 34.2 Å². The molecule has 1 aromatic rings. The maximum absolute atomic E-state index is 12.3. The summed E-state index contributed by atoms with van der Waals surface area (Å²) in [4.78, 5) is 11.0. The van der Waals surface area contributed by atoms with E-state index < -0.39 is 11.9 Å². The highest BCUT2D eigenvalue weighted by molar-refractivity contribution is 9.10. The molecule has 3 nitrogen and oxygen atoms in total. The van der Waals surface area contributed by atoms with Gasteiger partial charge in [-0.2, -0.15) is 0 Å². The largest absolute Gasteiger partial charge is 0.573 e. The standard InChI is InChI=1S/C11H11BrF3NO2S/c1-10(2,6-17)16-19-9-4-3-7(12)5-8(9)18-11(13,14)15/h3-6,16H,1-2H3. The van der Waals surface area contributed by atoms with Gasteiger partial charge in [-0.05, 0) is 44.0 Å². The zero-order valence-electron chi connectivity index (χ0n) is 10.0. The van der Waals surface area contributed by atoms with Crippen LogP contribution in [0.5, 0.6) is 5.75 Å². The average molecular weight is 358 g/mol. The molecule has 1 aromatic carbocycles. The minimum atomic E-state index is -4.77. The first kappa shape index (κ1) is 16.3. The number of benzene rings is 1. The maximum atomic E-state index is 12.3. The Bertz CT molecular complexity index is 466. The number of carbonyl (C=O) groups excluding carboxylic acids is 1. The molecule has 8 heteroatoms. The van der Waals surface area contributed by atoms with Crippen molar-refractivity contribution in [2.75, 3.05) is 0 Å². The van der Waals surface area contributed by atoms with E-state index in [2.05, 4.69) is 25.4 Å². The van der Waals surface area contributed by atoms with Gasteiger partial charge in [-0.25, -0.2) is 4.72 Å². The van der Waals surface area contributed by atoms with Gasteiger partial charge in [0.15, 0.2) is 0 Å². The lowest BCUT2D eigenvalue weighted by Crippen LogP contribution is -2.35. The van der Waals surface area contributed by atoms with E-state index >= 15 is 0 Å². The van der Waals surface area contributed by atoms with Crippen molar-refractivity contribution in [1.29, 1.82) is 0 Å². The molecule has 0 aliphatic heterocycles. The maximum Gasteiger partial charge on any atom is 0.573 e. The van der Waals surface area contributed by atoms with E-state index in [9.17, 15) is 18.0 Å². The molecule has 0 radical (unpaired) electrons. The van der Waals surface area contributed by atoms with E-state index in [0.29, 0.717) is 10.8 Å². The van der Waals surface area contributed by atoms with Crippen LogP contribution in [-0.4, -0.2) is 18.2 Å². The first-order valence-electron chi connectivity index (χ1n) is 5.08. The normalized spacial score (nSPS) is 12.3. The SMILES string of the molecule is CC(C)(C=O)NSc1ccc(Br)cc1OC(F)(F)F. The van der Waals surface area contributed by atoms with Gasteiger partial charge in [0.05, 0.1) is 10.4 Å². The summed E-state index contributed by atoms with van der Waals surface area (Å²) in [5.41, 5.74) is -0.854. The van der Waals surface area contributed by atoms with Crippen LogP contribution in [0.25, 0.3) is 0 Å². The summed E-state index contributed by atoms with van der Waals surface area (Å²) in [7, 11) is 0. The highest BCUT2D eigenvalue weighted by Crippen LogP contribution is 2.34. The van der Waals surface area contributed by atoms with Gasteiger partial charge in [-0.15, -0.1) is 13.2 Å². The predicted molar refractivity (Wildman–Crippen MR) is 70.0 cm³/mol. The number of nitrogens with one attached hydrogen (secondary N) is 1. The Kier molecular flexibility index (Phi) is 5.28.